The highest BCUT2D eigenvalue weighted by Gasteiger charge is 2.19. The number of amides is 2. The monoisotopic (exact) mass is 278 g/mol. The molecular formula is C14H22N4O2. The fourth-order valence-corrected chi connectivity index (χ4v) is 2.34. The number of nitrogens with zero attached hydrogens (tertiary/aromatic N) is 3. The molecule has 1 fully saturated rings. The molecule has 1 aliphatic rings. The van der Waals surface area contributed by atoms with Gasteiger partial charge >= 0.3 is 6.03 Å². The van der Waals surface area contributed by atoms with Gasteiger partial charge in [0, 0.05) is 31.6 Å². The van der Waals surface area contributed by atoms with Gasteiger partial charge in [-0.2, -0.15) is 0 Å². The van der Waals surface area contributed by atoms with Crippen molar-refractivity contribution < 1.29 is 9.53 Å². The molecule has 1 aromatic heterocycles. The molecule has 1 atom stereocenters. The molecule has 20 heavy (non-hydrogen) atoms. The third-order valence-electron chi connectivity index (χ3n) is 3.27. The van der Waals surface area contributed by atoms with Crippen LogP contribution in [0.3, 0.4) is 0 Å². The third kappa shape index (κ3) is 4.16. The molecule has 1 aliphatic heterocycles. The standard InChI is InChI=1S/C14H22N4O2/c1-10-7-11(2)17-13(16-10)8-15-14(19)18(3)9-12-5-4-6-20-12/h7,12H,4-6,8-9H2,1-3H3,(H,15,19)/t12-/m1/s1. The smallest absolute Gasteiger partial charge is 0.317 e. The van der Waals surface area contributed by atoms with Crippen molar-refractivity contribution in [3.8, 4) is 0 Å². The maximum absolute atomic E-state index is 12.0. The van der Waals surface area contributed by atoms with Gasteiger partial charge in [-0.25, -0.2) is 14.8 Å². The van der Waals surface area contributed by atoms with Crippen molar-refractivity contribution in [2.24, 2.45) is 0 Å². The number of nitrogens with one attached hydrogen (secondary N) is 1. The Kier molecular flexibility index (Phi) is 4.89. The second-order valence-corrected chi connectivity index (χ2v) is 5.24. The van der Waals surface area contributed by atoms with Gasteiger partial charge in [-0.3, -0.25) is 0 Å². The number of carbonyl (C=O) groups is 1. The quantitative estimate of drug-likeness (QED) is 0.904. The molecule has 0 bridgehead atoms. The average molecular weight is 278 g/mol. The minimum absolute atomic E-state index is 0.122. The molecule has 6 heteroatoms. The summed E-state index contributed by atoms with van der Waals surface area (Å²) >= 11 is 0. The lowest BCUT2D eigenvalue weighted by molar-refractivity contribution is 0.0874. The highest BCUT2D eigenvalue weighted by Crippen LogP contribution is 2.12. The van der Waals surface area contributed by atoms with Crippen LogP contribution in [-0.2, 0) is 11.3 Å². The van der Waals surface area contributed by atoms with E-state index in [2.05, 4.69) is 15.3 Å². The normalized spacial score (nSPS) is 18.1. The molecule has 0 unspecified atom stereocenters. The number of hydrogen-bond donors (Lipinski definition) is 1. The first-order valence-corrected chi connectivity index (χ1v) is 6.96. The minimum Gasteiger partial charge on any atom is -0.376 e. The van der Waals surface area contributed by atoms with Crippen molar-refractivity contribution in [2.75, 3.05) is 20.2 Å². The van der Waals surface area contributed by atoms with Gasteiger partial charge in [-0.05, 0) is 32.8 Å². The summed E-state index contributed by atoms with van der Waals surface area (Å²) in [5.41, 5.74) is 1.82. The molecule has 110 valence electrons. The molecule has 2 amide bonds. The summed E-state index contributed by atoms with van der Waals surface area (Å²) < 4.78 is 5.52. The van der Waals surface area contributed by atoms with Gasteiger partial charge in [0.1, 0.15) is 5.82 Å². The molecule has 1 N–H and O–H groups in total. The molecule has 6 nitrogen and oxygen atoms in total. The third-order valence-corrected chi connectivity index (χ3v) is 3.27. The van der Waals surface area contributed by atoms with Crippen LogP contribution in [0, 0.1) is 13.8 Å². The lowest BCUT2D eigenvalue weighted by Gasteiger charge is -2.21. The molecule has 2 heterocycles. The fourth-order valence-electron chi connectivity index (χ4n) is 2.34. The number of aryl methyl sites for hydroxylation is 2. The van der Waals surface area contributed by atoms with Gasteiger partial charge in [0.25, 0.3) is 0 Å². The predicted molar refractivity (Wildman–Crippen MR) is 75.3 cm³/mol. The summed E-state index contributed by atoms with van der Waals surface area (Å²) in [7, 11) is 1.78. The number of aromatic nitrogens is 2. The van der Waals surface area contributed by atoms with E-state index < -0.39 is 0 Å². The number of likely N-dealkylation sites (N-methyl/N-ethyl adjacent to an activating group) is 1. The Hall–Kier alpha value is -1.69. The van der Waals surface area contributed by atoms with E-state index in [0.29, 0.717) is 18.9 Å². The molecule has 0 aromatic carbocycles. The van der Waals surface area contributed by atoms with E-state index in [4.69, 9.17) is 4.74 Å². The topological polar surface area (TPSA) is 67.4 Å². The molecule has 2 rings (SSSR count). The van der Waals surface area contributed by atoms with E-state index in [1.807, 2.05) is 19.9 Å². The van der Waals surface area contributed by atoms with E-state index in [-0.39, 0.29) is 12.1 Å². The van der Waals surface area contributed by atoms with Crippen molar-refractivity contribution in [1.82, 2.24) is 20.2 Å². The Morgan fingerprint density at radius 1 is 1.45 bits per heavy atom. The van der Waals surface area contributed by atoms with Crippen molar-refractivity contribution in [1.29, 1.82) is 0 Å². The number of carbonyl (C=O) groups excluding carboxylic acids is 1. The zero-order valence-corrected chi connectivity index (χ0v) is 12.3. The van der Waals surface area contributed by atoms with Gasteiger partial charge in [0.15, 0.2) is 0 Å². The van der Waals surface area contributed by atoms with Crippen LogP contribution in [0.1, 0.15) is 30.1 Å². The molecule has 0 spiro atoms. The Balaban J connectivity index is 1.81. The molecule has 1 aromatic rings. The second-order valence-electron chi connectivity index (χ2n) is 5.24. The van der Waals surface area contributed by atoms with Gasteiger partial charge in [-0.1, -0.05) is 0 Å². The van der Waals surface area contributed by atoms with Crippen LogP contribution < -0.4 is 5.32 Å². The van der Waals surface area contributed by atoms with Crippen molar-refractivity contribution in [2.45, 2.75) is 39.3 Å². The summed E-state index contributed by atoms with van der Waals surface area (Å²) in [5, 5.41) is 2.83. The van der Waals surface area contributed by atoms with Crippen molar-refractivity contribution >= 4 is 6.03 Å². The number of rotatable bonds is 4. The Labute approximate surface area is 119 Å². The maximum atomic E-state index is 12.0. The van der Waals surface area contributed by atoms with Crippen LogP contribution in [0.25, 0.3) is 0 Å². The van der Waals surface area contributed by atoms with Gasteiger partial charge < -0.3 is 15.0 Å². The van der Waals surface area contributed by atoms with E-state index in [9.17, 15) is 4.79 Å². The molecule has 0 aliphatic carbocycles. The van der Waals surface area contributed by atoms with Crippen LogP contribution in [-0.4, -0.2) is 47.2 Å². The first-order chi connectivity index (χ1) is 9.54. The Morgan fingerprint density at radius 2 is 2.15 bits per heavy atom. The summed E-state index contributed by atoms with van der Waals surface area (Å²) in [4.78, 5) is 22.2. The molecule has 1 saturated heterocycles. The summed E-state index contributed by atoms with van der Waals surface area (Å²) in [6, 6.07) is 1.79. The first kappa shape index (κ1) is 14.7. The van der Waals surface area contributed by atoms with E-state index in [1.165, 1.54) is 0 Å². The van der Waals surface area contributed by atoms with E-state index in [1.54, 1.807) is 11.9 Å². The molecule has 0 radical (unpaired) electrons. The van der Waals surface area contributed by atoms with Crippen LogP contribution in [0.5, 0.6) is 0 Å². The van der Waals surface area contributed by atoms with Gasteiger partial charge in [-0.15, -0.1) is 0 Å². The Bertz CT molecular complexity index is 452. The zero-order chi connectivity index (χ0) is 14.5. The number of hydrogen-bond acceptors (Lipinski definition) is 4. The second kappa shape index (κ2) is 6.65. The lowest BCUT2D eigenvalue weighted by Crippen LogP contribution is -2.41. The highest BCUT2D eigenvalue weighted by atomic mass is 16.5. The van der Waals surface area contributed by atoms with Crippen LogP contribution in [0.2, 0.25) is 0 Å². The number of ether oxygens (including phenoxy) is 1. The minimum atomic E-state index is -0.122. The maximum Gasteiger partial charge on any atom is 0.317 e. The van der Waals surface area contributed by atoms with E-state index in [0.717, 1.165) is 30.8 Å². The summed E-state index contributed by atoms with van der Waals surface area (Å²) in [5.74, 6) is 0.640. The zero-order valence-electron chi connectivity index (χ0n) is 12.3. The highest BCUT2D eigenvalue weighted by molar-refractivity contribution is 5.73. The van der Waals surface area contributed by atoms with Crippen LogP contribution in [0.4, 0.5) is 4.79 Å². The summed E-state index contributed by atoms with van der Waals surface area (Å²) in [6.45, 7) is 5.61. The predicted octanol–water partition coefficient (Wildman–Crippen LogP) is 1.41. The first-order valence-electron chi connectivity index (χ1n) is 6.96. The van der Waals surface area contributed by atoms with E-state index >= 15 is 0 Å². The molecular weight excluding hydrogens is 256 g/mol. The van der Waals surface area contributed by atoms with Crippen LogP contribution in [0.15, 0.2) is 6.07 Å². The van der Waals surface area contributed by atoms with Crippen molar-refractivity contribution in [3.05, 3.63) is 23.3 Å². The SMILES string of the molecule is Cc1cc(C)nc(CNC(=O)N(C)C[C@H]2CCCO2)n1. The summed E-state index contributed by atoms with van der Waals surface area (Å²) in [6.07, 6.45) is 2.28. The average Bonchev–Trinajstić information content (AvgIpc) is 2.87. The largest absolute Gasteiger partial charge is 0.376 e. The van der Waals surface area contributed by atoms with Gasteiger partial charge in [0.2, 0.25) is 0 Å². The fraction of sp³-hybridized carbons (Fsp3) is 0.643. The number of urea groups is 1. The van der Waals surface area contributed by atoms with Crippen LogP contribution >= 0.6 is 0 Å². The Morgan fingerprint density at radius 3 is 2.75 bits per heavy atom. The van der Waals surface area contributed by atoms with Crippen molar-refractivity contribution in [3.63, 3.8) is 0 Å². The lowest BCUT2D eigenvalue weighted by atomic mass is 10.2. The molecule has 0 saturated carbocycles. The van der Waals surface area contributed by atoms with Gasteiger partial charge in [0.05, 0.1) is 12.6 Å².